The molecule has 2 rings (SSSR count). The molecule has 0 aromatic heterocycles. The van der Waals surface area contributed by atoms with Gasteiger partial charge in [0.15, 0.2) is 0 Å². The lowest BCUT2D eigenvalue weighted by molar-refractivity contribution is -0.112. The van der Waals surface area contributed by atoms with Crippen molar-refractivity contribution in [2.75, 3.05) is 0 Å². The maximum absolute atomic E-state index is 12.8. The number of benzene rings is 1. The summed E-state index contributed by atoms with van der Waals surface area (Å²) in [5.74, 6) is -0.214. The average molecular weight is 178 g/mol. The van der Waals surface area contributed by atoms with Gasteiger partial charge in [0.05, 0.1) is 0 Å². The summed E-state index contributed by atoms with van der Waals surface area (Å²) in [5.41, 5.74) is 1.58. The first-order valence-corrected chi connectivity index (χ1v) is 4.41. The Morgan fingerprint density at radius 1 is 1.54 bits per heavy atom. The Labute approximate surface area is 76.6 Å². The van der Waals surface area contributed by atoms with Gasteiger partial charge in [-0.2, -0.15) is 0 Å². The zero-order valence-electron chi connectivity index (χ0n) is 7.51. The van der Waals surface area contributed by atoms with Crippen molar-refractivity contribution in [3.8, 4) is 0 Å². The predicted molar refractivity (Wildman–Crippen MR) is 48.1 cm³/mol. The summed E-state index contributed by atoms with van der Waals surface area (Å²) in [6, 6.07) is 4.68. The molecule has 1 aromatic carbocycles. The SMILES string of the molecule is C[C@]1(C=O)CCc2cc(F)ccc21. The van der Waals surface area contributed by atoms with Gasteiger partial charge in [0, 0.05) is 5.41 Å². The summed E-state index contributed by atoms with van der Waals surface area (Å²) < 4.78 is 12.8. The number of fused-ring (bicyclic) bond motifs is 1. The molecule has 68 valence electrons. The Morgan fingerprint density at radius 2 is 2.31 bits per heavy atom. The lowest BCUT2D eigenvalue weighted by Crippen LogP contribution is -2.19. The molecule has 0 heterocycles. The second-order valence-electron chi connectivity index (χ2n) is 3.84. The van der Waals surface area contributed by atoms with Crippen LogP contribution >= 0.6 is 0 Å². The summed E-state index contributed by atoms with van der Waals surface area (Å²) in [6.07, 6.45) is 2.58. The molecule has 1 aliphatic rings. The average Bonchev–Trinajstić information content (AvgIpc) is 2.45. The fourth-order valence-electron chi connectivity index (χ4n) is 1.98. The molecule has 0 fully saturated rings. The van der Waals surface area contributed by atoms with Crippen molar-refractivity contribution in [2.24, 2.45) is 0 Å². The van der Waals surface area contributed by atoms with Crippen LogP contribution in [-0.4, -0.2) is 6.29 Å². The van der Waals surface area contributed by atoms with Crippen molar-refractivity contribution in [1.82, 2.24) is 0 Å². The van der Waals surface area contributed by atoms with Crippen molar-refractivity contribution in [3.05, 3.63) is 35.1 Å². The van der Waals surface area contributed by atoms with E-state index in [4.69, 9.17) is 0 Å². The normalized spacial score (nSPS) is 25.7. The highest BCUT2D eigenvalue weighted by molar-refractivity contribution is 5.70. The number of carbonyl (C=O) groups is 1. The molecule has 13 heavy (non-hydrogen) atoms. The Bertz CT molecular complexity index is 359. The van der Waals surface area contributed by atoms with Gasteiger partial charge < -0.3 is 4.79 Å². The molecule has 0 saturated heterocycles. The molecule has 0 saturated carbocycles. The van der Waals surface area contributed by atoms with E-state index in [1.54, 1.807) is 6.07 Å². The van der Waals surface area contributed by atoms with Crippen LogP contribution in [0.3, 0.4) is 0 Å². The second kappa shape index (κ2) is 2.66. The molecule has 1 aromatic rings. The zero-order valence-corrected chi connectivity index (χ0v) is 7.51. The first kappa shape index (κ1) is 8.42. The lowest BCUT2D eigenvalue weighted by Gasteiger charge is -2.16. The number of rotatable bonds is 1. The first-order valence-electron chi connectivity index (χ1n) is 4.41. The molecule has 0 bridgehead atoms. The third-order valence-electron chi connectivity index (χ3n) is 2.86. The van der Waals surface area contributed by atoms with Gasteiger partial charge in [-0.15, -0.1) is 0 Å². The summed E-state index contributed by atoms with van der Waals surface area (Å²) in [4.78, 5) is 10.9. The van der Waals surface area contributed by atoms with E-state index in [0.29, 0.717) is 0 Å². The van der Waals surface area contributed by atoms with E-state index < -0.39 is 0 Å². The van der Waals surface area contributed by atoms with Gasteiger partial charge in [-0.3, -0.25) is 0 Å². The number of hydrogen-bond donors (Lipinski definition) is 0. The summed E-state index contributed by atoms with van der Waals surface area (Å²) >= 11 is 0. The standard InChI is InChI=1S/C11H11FO/c1-11(7-13)5-4-8-6-9(12)2-3-10(8)11/h2-3,6-7H,4-5H2,1H3/t11-/m1/s1. The third-order valence-corrected chi connectivity index (χ3v) is 2.86. The zero-order chi connectivity index (χ0) is 9.47. The first-order chi connectivity index (χ1) is 6.15. The van der Waals surface area contributed by atoms with E-state index in [2.05, 4.69) is 0 Å². The van der Waals surface area contributed by atoms with E-state index in [1.807, 2.05) is 6.92 Å². The lowest BCUT2D eigenvalue weighted by atomic mass is 9.86. The maximum atomic E-state index is 12.8. The number of aldehydes is 1. The van der Waals surface area contributed by atoms with Crippen LogP contribution in [0.5, 0.6) is 0 Å². The Kier molecular flexibility index (Phi) is 1.72. The second-order valence-corrected chi connectivity index (χ2v) is 3.84. The fourth-order valence-corrected chi connectivity index (χ4v) is 1.98. The molecule has 1 atom stereocenters. The van der Waals surface area contributed by atoms with Crippen molar-refractivity contribution in [3.63, 3.8) is 0 Å². The van der Waals surface area contributed by atoms with E-state index in [1.165, 1.54) is 12.1 Å². The molecule has 0 radical (unpaired) electrons. The van der Waals surface area contributed by atoms with E-state index in [9.17, 15) is 9.18 Å². The fraction of sp³-hybridized carbons (Fsp3) is 0.364. The molecule has 0 amide bonds. The Morgan fingerprint density at radius 3 is 3.00 bits per heavy atom. The Balaban J connectivity index is 2.55. The highest BCUT2D eigenvalue weighted by Gasteiger charge is 2.33. The van der Waals surface area contributed by atoms with Gasteiger partial charge >= 0.3 is 0 Å². The van der Waals surface area contributed by atoms with E-state index >= 15 is 0 Å². The smallest absolute Gasteiger partial charge is 0.130 e. The van der Waals surface area contributed by atoms with Crippen LogP contribution in [0.4, 0.5) is 4.39 Å². The van der Waals surface area contributed by atoms with Gasteiger partial charge in [0.2, 0.25) is 0 Å². The predicted octanol–water partition coefficient (Wildman–Crippen LogP) is 2.23. The maximum Gasteiger partial charge on any atom is 0.130 e. The molecule has 0 aliphatic heterocycles. The van der Waals surface area contributed by atoms with Crippen LogP contribution in [0.1, 0.15) is 24.5 Å². The third kappa shape index (κ3) is 1.17. The molecular formula is C11H11FO. The minimum absolute atomic E-state index is 0.214. The van der Waals surface area contributed by atoms with Crippen molar-refractivity contribution < 1.29 is 9.18 Å². The van der Waals surface area contributed by atoms with Crippen LogP contribution in [0.15, 0.2) is 18.2 Å². The monoisotopic (exact) mass is 178 g/mol. The number of carbonyl (C=O) groups excluding carboxylic acids is 1. The topological polar surface area (TPSA) is 17.1 Å². The molecule has 1 nitrogen and oxygen atoms in total. The largest absolute Gasteiger partial charge is 0.302 e. The molecule has 1 aliphatic carbocycles. The van der Waals surface area contributed by atoms with Gasteiger partial charge in [-0.1, -0.05) is 6.07 Å². The Hall–Kier alpha value is -1.18. The number of halogens is 1. The number of aryl methyl sites for hydroxylation is 1. The quantitative estimate of drug-likeness (QED) is 0.603. The van der Waals surface area contributed by atoms with Crippen molar-refractivity contribution in [2.45, 2.75) is 25.2 Å². The van der Waals surface area contributed by atoms with E-state index in [0.717, 1.165) is 30.3 Å². The van der Waals surface area contributed by atoms with Gasteiger partial charge in [0.25, 0.3) is 0 Å². The number of hydrogen-bond acceptors (Lipinski definition) is 1. The van der Waals surface area contributed by atoms with Crippen LogP contribution in [0.2, 0.25) is 0 Å². The molecule has 0 spiro atoms. The van der Waals surface area contributed by atoms with Crippen LogP contribution < -0.4 is 0 Å². The van der Waals surface area contributed by atoms with Crippen LogP contribution in [0.25, 0.3) is 0 Å². The van der Waals surface area contributed by atoms with Gasteiger partial charge in [-0.25, -0.2) is 4.39 Å². The van der Waals surface area contributed by atoms with Gasteiger partial charge in [-0.05, 0) is 43.0 Å². The van der Waals surface area contributed by atoms with Crippen LogP contribution in [-0.2, 0) is 16.6 Å². The highest BCUT2D eigenvalue weighted by Crippen LogP contribution is 2.37. The van der Waals surface area contributed by atoms with E-state index in [-0.39, 0.29) is 11.2 Å². The summed E-state index contributed by atoms with van der Waals surface area (Å²) in [7, 11) is 0. The summed E-state index contributed by atoms with van der Waals surface area (Å²) in [5, 5.41) is 0. The van der Waals surface area contributed by atoms with Crippen molar-refractivity contribution in [1.29, 1.82) is 0 Å². The molecule has 0 unspecified atom stereocenters. The van der Waals surface area contributed by atoms with Gasteiger partial charge in [0.1, 0.15) is 12.1 Å². The molecular weight excluding hydrogens is 167 g/mol. The molecule has 2 heteroatoms. The van der Waals surface area contributed by atoms with Crippen molar-refractivity contribution >= 4 is 6.29 Å². The molecule has 0 N–H and O–H groups in total. The summed E-state index contributed by atoms with van der Waals surface area (Å²) in [6.45, 7) is 1.91. The minimum atomic E-state index is -0.386. The minimum Gasteiger partial charge on any atom is -0.302 e. The highest BCUT2D eigenvalue weighted by atomic mass is 19.1. The van der Waals surface area contributed by atoms with Crippen LogP contribution in [0, 0.1) is 5.82 Å².